The van der Waals surface area contributed by atoms with Gasteiger partial charge in [0.2, 0.25) is 5.91 Å². The number of anilines is 1. The molecule has 0 radical (unpaired) electrons. The number of amides is 3. The van der Waals surface area contributed by atoms with E-state index in [2.05, 4.69) is 10.6 Å². The molecule has 0 fully saturated rings. The minimum Gasteiger partial charge on any atom is -0.508 e. The van der Waals surface area contributed by atoms with Crippen molar-refractivity contribution in [3.05, 3.63) is 58.6 Å². The minimum atomic E-state index is -1.08. The number of nitrogens with one attached hydrogen (secondary N) is 2. The average molecular weight is 546 g/mol. The standard InChI is InChI=1S/C29H40ClN3O5/c1-9-18(4)24(32-28(37)38-29(6,7)8)27(36)33(17(2)3)25(20-13-15-21(34)16-14-20)26(35)31-23-19(5)11-10-12-22(23)30/h10-18,24-25,34H,9H2,1-8H3,(H,31,35)(H,32,37). The molecule has 9 heteroatoms. The summed E-state index contributed by atoms with van der Waals surface area (Å²) < 4.78 is 5.42. The Morgan fingerprint density at radius 3 is 2.16 bits per heavy atom. The van der Waals surface area contributed by atoms with E-state index >= 15 is 0 Å². The lowest BCUT2D eigenvalue weighted by Crippen LogP contribution is -2.56. The van der Waals surface area contributed by atoms with Gasteiger partial charge in [0.25, 0.3) is 5.91 Å². The van der Waals surface area contributed by atoms with Gasteiger partial charge < -0.3 is 25.4 Å². The van der Waals surface area contributed by atoms with Crippen LogP contribution in [0.4, 0.5) is 10.5 Å². The van der Waals surface area contributed by atoms with Crippen molar-refractivity contribution in [1.29, 1.82) is 0 Å². The largest absolute Gasteiger partial charge is 0.508 e. The predicted octanol–water partition coefficient (Wildman–Crippen LogP) is 6.21. The van der Waals surface area contributed by atoms with E-state index in [9.17, 15) is 19.5 Å². The van der Waals surface area contributed by atoms with E-state index in [1.54, 1.807) is 58.9 Å². The Bertz CT molecular complexity index is 1110. The summed E-state index contributed by atoms with van der Waals surface area (Å²) in [6, 6.07) is 8.97. The van der Waals surface area contributed by atoms with Gasteiger partial charge in [-0.3, -0.25) is 9.59 Å². The molecule has 3 atom stereocenters. The maximum atomic E-state index is 14.2. The number of halogens is 1. The Hall–Kier alpha value is -3.26. The van der Waals surface area contributed by atoms with Gasteiger partial charge in [0.05, 0.1) is 10.7 Å². The van der Waals surface area contributed by atoms with Crippen molar-refractivity contribution in [2.75, 3.05) is 5.32 Å². The van der Waals surface area contributed by atoms with Gasteiger partial charge in [0, 0.05) is 6.04 Å². The molecule has 0 aromatic heterocycles. The zero-order valence-electron chi connectivity index (χ0n) is 23.5. The molecule has 0 heterocycles. The van der Waals surface area contributed by atoms with Crippen molar-refractivity contribution in [1.82, 2.24) is 10.2 Å². The van der Waals surface area contributed by atoms with Crippen LogP contribution >= 0.6 is 11.6 Å². The Morgan fingerprint density at radius 2 is 1.66 bits per heavy atom. The van der Waals surface area contributed by atoms with E-state index in [-0.39, 0.29) is 11.7 Å². The summed E-state index contributed by atoms with van der Waals surface area (Å²) in [4.78, 5) is 42.2. The average Bonchev–Trinajstić information content (AvgIpc) is 2.81. The highest BCUT2D eigenvalue weighted by atomic mass is 35.5. The van der Waals surface area contributed by atoms with Crippen LogP contribution in [0.3, 0.4) is 0 Å². The number of ether oxygens (including phenoxy) is 1. The predicted molar refractivity (Wildman–Crippen MR) is 150 cm³/mol. The molecule has 0 aliphatic heterocycles. The second kappa shape index (κ2) is 13.0. The summed E-state index contributed by atoms with van der Waals surface area (Å²) in [5.74, 6) is -1.12. The molecule has 208 valence electrons. The number of benzene rings is 2. The summed E-state index contributed by atoms with van der Waals surface area (Å²) in [6.07, 6.45) is -0.107. The highest BCUT2D eigenvalue weighted by molar-refractivity contribution is 6.34. The molecule has 2 rings (SSSR count). The number of carbonyl (C=O) groups is 3. The smallest absolute Gasteiger partial charge is 0.408 e. The highest BCUT2D eigenvalue weighted by Crippen LogP contribution is 2.31. The number of nitrogens with zero attached hydrogens (tertiary/aromatic N) is 1. The van der Waals surface area contributed by atoms with Crippen molar-refractivity contribution in [2.45, 2.75) is 85.5 Å². The molecule has 8 nitrogen and oxygen atoms in total. The second-order valence-corrected chi connectivity index (χ2v) is 11.2. The van der Waals surface area contributed by atoms with Crippen LogP contribution in [0.2, 0.25) is 5.02 Å². The highest BCUT2D eigenvalue weighted by Gasteiger charge is 2.39. The topological polar surface area (TPSA) is 108 Å². The molecule has 2 aromatic carbocycles. The molecule has 0 spiro atoms. The Morgan fingerprint density at radius 1 is 1.05 bits per heavy atom. The van der Waals surface area contributed by atoms with Crippen LogP contribution in [0.5, 0.6) is 5.75 Å². The number of hydrogen-bond donors (Lipinski definition) is 3. The Kier molecular flexibility index (Phi) is 10.6. The maximum absolute atomic E-state index is 14.2. The third-order valence-corrected chi connectivity index (χ3v) is 6.48. The van der Waals surface area contributed by atoms with Crippen LogP contribution in [0, 0.1) is 12.8 Å². The lowest BCUT2D eigenvalue weighted by atomic mass is 9.94. The molecule has 3 amide bonds. The number of phenolic OH excluding ortho intramolecular Hbond substituents is 1. The van der Waals surface area contributed by atoms with Gasteiger partial charge in [-0.05, 0) is 76.8 Å². The summed E-state index contributed by atoms with van der Waals surface area (Å²) in [6.45, 7) is 14.5. The zero-order chi connectivity index (χ0) is 28.8. The molecule has 0 bridgehead atoms. The number of carbonyl (C=O) groups excluding carboxylic acids is 3. The normalized spacial score (nSPS) is 13.8. The van der Waals surface area contributed by atoms with Crippen LogP contribution in [0.15, 0.2) is 42.5 Å². The molecule has 0 saturated carbocycles. The molecule has 0 saturated heterocycles. The van der Waals surface area contributed by atoms with Gasteiger partial charge in [-0.25, -0.2) is 4.79 Å². The van der Waals surface area contributed by atoms with Gasteiger partial charge in [-0.2, -0.15) is 0 Å². The van der Waals surface area contributed by atoms with Crippen LogP contribution in [-0.4, -0.2) is 45.6 Å². The van der Waals surface area contributed by atoms with E-state index in [1.165, 1.54) is 17.0 Å². The molecule has 0 aliphatic carbocycles. The van der Waals surface area contributed by atoms with Crippen molar-refractivity contribution >= 4 is 35.2 Å². The van der Waals surface area contributed by atoms with Crippen LogP contribution < -0.4 is 10.6 Å². The monoisotopic (exact) mass is 545 g/mol. The van der Waals surface area contributed by atoms with E-state index in [0.717, 1.165) is 5.56 Å². The fourth-order valence-electron chi connectivity index (χ4n) is 4.03. The molecular weight excluding hydrogens is 506 g/mol. The van der Waals surface area contributed by atoms with Crippen LogP contribution in [0.1, 0.15) is 72.1 Å². The SMILES string of the molecule is CCC(C)C(NC(=O)OC(C)(C)C)C(=O)N(C(C)C)C(C(=O)Nc1c(C)cccc1Cl)c1ccc(O)cc1. The van der Waals surface area contributed by atoms with Crippen molar-refractivity contribution in [3.8, 4) is 5.75 Å². The number of aromatic hydroxyl groups is 1. The van der Waals surface area contributed by atoms with Crippen LogP contribution in [0.25, 0.3) is 0 Å². The molecule has 3 N–H and O–H groups in total. The van der Waals surface area contributed by atoms with Gasteiger partial charge in [-0.15, -0.1) is 0 Å². The fourth-order valence-corrected chi connectivity index (χ4v) is 4.30. The molecule has 38 heavy (non-hydrogen) atoms. The van der Waals surface area contributed by atoms with Crippen LogP contribution in [-0.2, 0) is 14.3 Å². The number of alkyl carbamates (subject to hydrolysis) is 1. The zero-order valence-corrected chi connectivity index (χ0v) is 24.2. The quantitative estimate of drug-likeness (QED) is 0.347. The van der Waals surface area contributed by atoms with E-state index in [1.807, 2.05) is 26.8 Å². The van der Waals surface area contributed by atoms with E-state index < -0.39 is 41.6 Å². The first-order chi connectivity index (χ1) is 17.7. The van der Waals surface area contributed by atoms with Gasteiger partial charge in [0.1, 0.15) is 23.4 Å². The summed E-state index contributed by atoms with van der Waals surface area (Å²) in [5, 5.41) is 15.9. The van der Waals surface area contributed by atoms with Gasteiger partial charge in [0.15, 0.2) is 0 Å². The first-order valence-electron chi connectivity index (χ1n) is 12.8. The van der Waals surface area contributed by atoms with Crippen molar-refractivity contribution < 1.29 is 24.2 Å². The van der Waals surface area contributed by atoms with Gasteiger partial charge >= 0.3 is 6.09 Å². The number of aryl methyl sites for hydroxylation is 1. The Labute approximate surface area is 230 Å². The summed E-state index contributed by atoms with van der Waals surface area (Å²) in [7, 11) is 0. The third kappa shape index (κ3) is 8.12. The molecule has 3 unspecified atom stereocenters. The second-order valence-electron chi connectivity index (χ2n) is 10.8. The van der Waals surface area contributed by atoms with E-state index in [0.29, 0.717) is 22.7 Å². The lowest BCUT2D eigenvalue weighted by molar-refractivity contribution is -0.144. The van der Waals surface area contributed by atoms with Crippen molar-refractivity contribution in [3.63, 3.8) is 0 Å². The summed E-state index contributed by atoms with van der Waals surface area (Å²) in [5.41, 5.74) is 0.963. The number of hydrogen-bond acceptors (Lipinski definition) is 5. The Balaban J connectivity index is 2.57. The van der Waals surface area contributed by atoms with Crippen molar-refractivity contribution in [2.24, 2.45) is 5.92 Å². The maximum Gasteiger partial charge on any atom is 0.408 e. The molecular formula is C29H40ClN3O5. The number of para-hydroxylation sites is 1. The third-order valence-electron chi connectivity index (χ3n) is 6.17. The first kappa shape index (κ1) is 31.0. The minimum absolute atomic E-state index is 0.0290. The molecule has 2 aromatic rings. The fraction of sp³-hybridized carbons (Fsp3) is 0.483. The molecule has 0 aliphatic rings. The number of rotatable bonds is 9. The lowest BCUT2D eigenvalue weighted by Gasteiger charge is -2.38. The van der Waals surface area contributed by atoms with Gasteiger partial charge in [-0.1, -0.05) is 56.1 Å². The first-order valence-corrected chi connectivity index (χ1v) is 13.2. The number of phenols is 1. The van der Waals surface area contributed by atoms with E-state index in [4.69, 9.17) is 16.3 Å². The summed E-state index contributed by atoms with van der Waals surface area (Å²) >= 11 is 6.38.